The van der Waals surface area contributed by atoms with Gasteiger partial charge in [0.2, 0.25) is 5.78 Å². The summed E-state index contributed by atoms with van der Waals surface area (Å²) in [6.45, 7) is 2.72. The molecule has 0 fully saturated rings. The van der Waals surface area contributed by atoms with Gasteiger partial charge in [0.15, 0.2) is 0 Å². The van der Waals surface area contributed by atoms with Crippen molar-refractivity contribution < 1.29 is 22.7 Å². The molecule has 0 N–H and O–H groups in total. The minimum absolute atomic E-state index is 0.00291. The predicted octanol–water partition coefficient (Wildman–Crippen LogP) is 7.00. The molecule has 0 atom stereocenters. The topological polar surface area (TPSA) is 74.6 Å². The van der Waals surface area contributed by atoms with E-state index < -0.39 is 15.8 Å². The number of halogens is 1. The van der Waals surface area contributed by atoms with Crippen molar-refractivity contribution in [2.45, 2.75) is 24.8 Å². The van der Waals surface area contributed by atoms with Gasteiger partial charge >= 0.3 is 0 Å². The lowest BCUT2D eigenvalue weighted by molar-refractivity contribution is 0.103. The quantitative estimate of drug-likeness (QED) is 0.0965. The normalized spacial score (nSPS) is 11.4. The van der Waals surface area contributed by atoms with E-state index in [4.69, 9.17) is 21.1 Å². The van der Waals surface area contributed by atoms with Crippen LogP contribution in [0.1, 0.15) is 33.6 Å². The van der Waals surface area contributed by atoms with E-state index in [1.807, 2.05) is 31.2 Å². The Hall–Kier alpha value is -4.07. The Morgan fingerprint density at radius 1 is 0.850 bits per heavy atom. The molecule has 0 spiro atoms. The summed E-state index contributed by atoms with van der Waals surface area (Å²) < 4.78 is 40.9. The second kappa shape index (κ2) is 12.0. The maximum atomic E-state index is 14.0. The SMILES string of the molecule is Cc1ccc(COc2cccc3c2cc(C(=O)c2cccc(OCCCCl)c2)n3S(=O)(=O)c2ccccc2)cc1. The van der Waals surface area contributed by atoms with Crippen LogP contribution >= 0.6 is 11.6 Å². The van der Waals surface area contributed by atoms with Gasteiger partial charge < -0.3 is 9.47 Å². The Balaban J connectivity index is 1.61. The summed E-state index contributed by atoms with van der Waals surface area (Å²) in [6.07, 6.45) is 0.661. The number of carbonyl (C=O) groups is 1. The number of benzene rings is 4. The van der Waals surface area contributed by atoms with E-state index in [1.54, 1.807) is 66.7 Å². The number of alkyl halides is 1. The second-order valence-corrected chi connectivity index (χ2v) is 11.5. The van der Waals surface area contributed by atoms with Crippen LogP contribution in [0, 0.1) is 6.92 Å². The maximum absolute atomic E-state index is 14.0. The molecular formula is C32H28ClNO5S. The summed E-state index contributed by atoms with van der Waals surface area (Å²) in [7, 11) is -4.13. The number of nitrogens with zero attached hydrogens (tertiary/aromatic N) is 1. The van der Waals surface area contributed by atoms with Gasteiger partial charge in [0.1, 0.15) is 23.8 Å². The van der Waals surface area contributed by atoms with Gasteiger partial charge in [-0.3, -0.25) is 4.79 Å². The first-order valence-electron chi connectivity index (χ1n) is 12.9. The number of rotatable bonds is 11. The van der Waals surface area contributed by atoms with E-state index >= 15 is 0 Å². The maximum Gasteiger partial charge on any atom is 0.268 e. The van der Waals surface area contributed by atoms with Crippen LogP contribution in [-0.2, 0) is 16.6 Å². The van der Waals surface area contributed by atoms with Crippen LogP contribution in [0.5, 0.6) is 11.5 Å². The van der Waals surface area contributed by atoms with Gasteiger partial charge in [-0.15, -0.1) is 11.6 Å². The van der Waals surface area contributed by atoms with E-state index in [1.165, 1.54) is 12.1 Å². The zero-order chi connectivity index (χ0) is 28.1. The first kappa shape index (κ1) is 27.5. The number of carbonyl (C=O) groups excluding carboxylic acids is 1. The average Bonchev–Trinajstić information content (AvgIpc) is 3.38. The van der Waals surface area contributed by atoms with E-state index in [-0.39, 0.29) is 10.6 Å². The minimum atomic E-state index is -4.13. The van der Waals surface area contributed by atoms with E-state index in [0.29, 0.717) is 53.5 Å². The molecule has 0 aliphatic rings. The van der Waals surface area contributed by atoms with Crippen molar-refractivity contribution in [3.63, 3.8) is 0 Å². The molecule has 204 valence electrons. The summed E-state index contributed by atoms with van der Waals surface area (Å²) in [4.78, 5) is 14.0. The molecule has 1 aromatic heterocycles. The Labute approximate surface area is 238 Å². The van der Waals surface area contributed by atoms with Gasteiger partial charge in [-0.05, 0) is 61.4 Å². The largest absolute Gasteiger partial charge is 0.494 e. The fourth-order valence-electron chi connectivity index (χ4n) is 4.39. The Morgan fingerprint density at radius 2 is 1.60 bits per heavy atom. The standard InChI is InChI=1S/C32H28ClNO5S/c1-23-14-16-24(17-15-23)22-39-31-13-6-12-29-28(31)21-30(34(29)40(36,37)27-10-3-2-4-11-27)32(35)25-8-5-9-26(20-25)38-19-7-18-33/h2-6,8-17,20-21H,7,18-19,22H2,1H3. The third-order valence-electron chi connectivity index (χ3n) is 6.43. The van der Waals surface area contributed by atoms with Crippen LogP contribution in [0.25, 0.3) is 10.9 Å². The van der Waals surface area contributed by atoms with E-state index in [2.05, 4.69) is 0 Å². The van der Waals surface area contributed by atoms with E-state index in [9.17, 15) is 13.2 Å². The van der Waals surface area contributed by atoms with Crippen molar-refractivity contribution in [2.75, 3.05) is 12.5 Å². The first-order chi connectivity index (χ1) is 19.4. The van der Waals surface area contributed by atoms with Crippen molar-refractivity contribution in [1.82, 2.24) is 3.97 Å². The van der Waals surface area contributed by atoms with Crippen molar-refractivity contribution in [3.8, 4) is 11.5 Å². The summed E-state index contributed by atoms with van der Waals surface area (Å²) in [5.41, 5.74) is 2.77. The van der Waals surface area contributed by atoms with Crippen molar-refractivity contribution in [2.24, 2.45) is 0 Å². The van der Waals surface area contributed by atoms with Crippen LogP contribution in [0.2, 0.25) is 0 Å². The molecule has 40 heavy (non-hydrogen) atoms. The molecular weight excluding hydrogens is 546 g/mol. The predicted molar refractivity (Wildman–Crippen MR) is 157 cm³/mol. The molecule has 8 heteroatoms. The van der Waals surface area contributed by atoms with Crippen molar-refractivity contribution >= 4 is 38.3 Å². The van der Waals surface area contributed by atoms with Gasteiger partial charge in [-0.25, -0.2) is 12.4 Å². The molecule has 5 rings (SSSR count). The Morgan fingerprint density at radius 3 is 2.35 bits per heavy atom. The fraction of sp³-hybridized carbons (Fsp3) is 0.156. The molecule has 0 saturated heterocycles. The van der Waals surface area contributed by atoms with E-state index in [0.717, 1.165) is 15.1 Å². The summed E-state index contributed by atoms with van der Waals surface area (Å²) in [6, 6.07) is 29.5. The lowest BCUT2D eigenvalue weighted by atomic mass is 10.1. The van der Waals surface area contributed by atoms with Gasteiger partial charge in [0.05, 0.1) is 17.0 Å². The second-order valence-electron chi connectivity index (χ2n) is 9.32. The highest BCUT2D eigenvalue weighted by molar-refractivity contribution is 7.90. The molecule has 0 aliphatic carbocycles. The minimum Gasteiger partial charge on any atom is -0.494 e. The summed E-state index contributed by atoms with van der Waals surface area (Å²) in [5, 5.41) is 0.520. The van der Waals surface area contributed by atoms with Gasteiger partial charge in [0.25, 0.3) is 10.0 Å². The number of ether oxygens (including phenoxy) is 2. The fourth-order valence-corrected chi connectivity index (χ4v) is 6.02. The lowest BCUT2D eigenvalue weighted by Gasteiger charge is -2.13. The zero-order valence-corrected chi connectivity index (χ0v) is 23.5. The zero-order valence-electron chi connectivity index (χ0n) is 21.9. The van der Waals surface area contributed by atoms with Crippen molar-refractivity contribution in [3.05, 3.63) is 126 Å². The summed E-state index contributed by atoms with van der Waals surface area (Å²) in [5.74, 6) is 0.992. The van der Waals surface area contributed by atoms with Gasteiger partial charge in [0, 0.05) is 16.8 Å². The monoisotopic (exact) mass is 573 g/mol. The summed E-state index contributed by atoms with van der Waals surface area (Å²) >= 11 is 5.75. The van der Waals surface area contributed by atoms with Crippen molar-refractivity contribution in [1.29, 1.82) is 0 Å². The number of hydrogen-bond acceptors (Lipinski definition) is 5. The number of aromatic nitrogens is 1. The molecule has 5 aromatic rings. The molecule has 0 unspecified atom stereocenters. The number of fused-ring (bicyclic) bond motifs is 1. The third kappa shape index (κ3) is 5.76. The van der Waals surface area contributed by atoms with Crippen LogP contribution in [0.3, 0.4) is 0 Å². The van der Waals surface area contributed by atoms with Crippen LogP contribution < -0.4 is 9.47 Å². The highest BCUT2D eigenvalue weighted by Crippen LogP contribution is 2.34. The lowest BCUT2D eigenvalue weighted by Crippen LogP contribution is -2.19. The molecule has 0 amide bonds. The average molecular weight is 574 g/mol. The Kier molecular flexibility index (Phi) is 8.24. The molecule has 0 radical (unpaired) electrons. The Bertz CT molecular complexity index is 1750. The molecule has 4 aromatic carbocycles. The van der Waals surface area contributed by atoms with Crippen LogP contribution in [0.15, 0.2) is 108 Å². The molecule has 0 bridgehead atoms. The van der Waals surface area contributed by atoms with Crippen LogP contribution in [-0.4, -0.2) is 30.7 Å². The number of ketones is 1. The molecule has 6 nitrogen and oxygen atoms in total. The molecule has 0 aliphatic heterocycles. The third-order valence-corrected chi connectivity index (χ3v) is 8.44. The molecule has 1 heterocycles. The smallest absolute Gasteiger partial charge is 0.268 e. The highest BCUT2D eigenvalue weighted by Gasteiger charge is 2.28. The van der Waals surface area contributed by atoms with Gasteiger partial charge in [-0.2, -0.15) is 0 Å². The molecule has 0 saturated carbocycles. The highest BCUT2D eigenvalue weighted by atomic mass is 35.5. The number of aryl methyl sites for hydroxylation is 1. The van der Waals surface area contributed by atoms with Gasteiger partial charge in [-0.1, -0.05) is 66.2 Å². The number of hydrogen-bond donors (Lipinski definition) is 0. The van der Waals surface area contributed by atoms with Crippen LogP contribution in [0.4, 0.5) is 0 Å². The first-order valence-corrected chi connectivity index (χ1v) is 14.8.